The zero-order valence-corrected chi connectivity index (χ0v) is 16.5. The van der Waals surface area contributed by atoms with Crippen molar-refractivity contribution in [1.82, 2.24) is 9.38 Å². The van der Waals surface area contributed by atoms with Crippen molar-refractivity contribution in [3.63, 3.8) is 0 Å². The highest BCUT2D eigenvalue weighted by Gasteiger charge is 2.28. The first-order valence-corrected chi connectivity index (χ1v) is 10.4. The van der Waals surface area contributed by atoms with Gasteiger partial charge in [-0.1, -0.05) is 57.9 Å². The van der Waals surface area contributed by atoms with Crippen molar-refractivity contribution >= 4 is 43.0 Å². The maximum absolute atomic E-state index is 13.4. The number of pyridine rings is 1. The van der Waals surface area contributed by atoms with Crippen molar-refractivity contribution in [3.05, 3.63) is 82.4 Å². The van der Waals surface area contributed by atoms with Gasteiger partial charge >= 0.3 is 0 Å². The minimum absolute atomic E-state index is 0.123. The third-order valence-electron chi connectivity index (χ3n) is 3.97. The van der Waals surface area contributed by atoms with E-state index in [9.17, 15) is 8.42 Å². The van der Waals surface area contributed by atoms with Gasteiger partial charge in [0.05, 0.1) is 4.90 Å². The molecule has 0 aliphatic carbocycles. The molecule has 0 radical (unpaired) electrons. The minimum Gasteiger partial charge on any atom is -0.290 e. The molecule has 0 spiro atoms. The molecule has 26 heavy (non-hydrogen) atoms. The monoisotopic (exact) mass is 446 g/mol. The predicted octanol–water partition coefficient (Wildman–Crippen LogP) is 5.25. The molecule has 130 valence electrons. The van der Waals surface area contributed by atoms with E-state index in [4.69, 9.17) is 11.6 Å². The van der Waals surface area contributed by atoms with Crippen LogP contribution in [-0.4, -0.2) is 17.8 Å². The molecule has 0 unspecified atom stereocenters. The van der Waals surface area contributed by atoms with Gasteiger partial charge in [-0.15, -0.1) is 0 Å². The lowest BCUT2D eigenvalue weighted by molar-refractivity contribution is 0.591. The zero-order valence-electron chi connectivity index (χ0n) is 13.3. The molecule has 0 bridgehead atoms. The summed E-state index contributed by atoms with van der Waals surface area (Å²) in [6, 6.07) is 19.1. The van der Waals surface area contributed by atoms with E-state index in [1.54, 1.807) is 47.0 Å². The Morgan fingerprint density at radius 2 is 1.65 bits per heavy atom. The van der Waals surface area contributed by atoms with Crippen LogP contribution in [0.3, 0.4) is 0 Å². The zero-order chi connectivity index (χ0) is 18.3. The number of imidazole rings is 1. The third-order valence-corrected chi connectivity index (χ3v) is 6.53. The summed E-state index contributed by atoms with van der Waals surface area (Å²) in [6.45, 7) is 0. The van der Waals surface area contributed by atoms with Crippen molar-refractivity contribution < 1.29 is 8.42 Å². The number of rotatable bonds is 3. The minimum atomic E-state index is -3.79. The van der Waals surface area contributed by atoms with E-state index in [2.05, 4.69) is 20.9 Å². The van der Waals surface area contributed by atoms with Crippen LogP contribution in [0.5, 0.6) is 0 Å². The highest BCUT2D eigenvalue weighted by atomic mass is 79.9. The Labute approximate surface area is 164 Å². The first-order valence-electron chi connectivity index (χ1n) is 7.70. The average molecular weight is 448 g/mol. The van der Waals surface area contributed by atoms with E-state index >= 15 is 0 Å². The quantitative estimate of drug-likeness (QED) is 0.431. The maximum Gasteiger partial charge on any atom is 0.224 e. The summed E-state index contributed by atoms with van der Waals surface area (Å²) in [6.07, 6.45) is 1.63. The van der Waals surface area contributed by atoms with Crippen LogP contribution >= 0.6 is 27.5 Å². The topological polar surface area (TPSA) is 51.4 Å². The molecule has 2 aromatic heterocycles. The van der Waals surface area contributed by atoms with Crippen LogP contribution < -0.4 is 0 Å². The van der Waals surface area contributed by atoms with Crippen LogP contribution in [0.2, 0.25) is 5.02 Å². The molecular formula is C19H12BrClN2O2S. The Morgan fingerprint density at radius 1 is 0.962 bits per heavy atom. The normalized spacial score (nSPS) is 11.8. The molecule has 2 aromatic carbocycles. The Hall–Kier alpha value is -2.15. The van der Waals surface area contributed by atoms with Gasteiger partial charge in [-0.25, -0.2) is 13.4 Å². The molecule has 4 nitrogen and oxygen atoms in total. The van der Waals surface area contributed by atoms with Crippen LogP contribution in [0.15, 0.2) is 87.3 Å². The fourth-order valence-electron chi connectivity index (χ4n) is 2.76. The fraction of sp³-hybridized carbons (Fsp3) is 0. The van der Waals surface area contributed by atoms with E-state index in [1.165, 1.54) is 0 Å². The van der Waals surface area contributed by atoms with E-state index < -0.39 is 9.84 Å². The highest BCUT2D eigenvalue weighted by Crippen LogP contribution is 2.33. The number of hydrogen-bond donors (Lipinski definition) is 0. The Morgan fingerprint density at radius 3 is 2.35 bits per heavy atom. The van der Waals surface area contributed by atoms with Gasteiger partial charge in [0.1, 0.15) is 11.3 Å². The molecule has 2 heterocycles. The molecule has 7 heteroatoms. The van der Waals surface area contributed by atoms with Crippen molar-refractivity contribution in [3.8, 4) is 11.3 Å². The van der Waals surface area contributed by atoms with Gasteiger partial charge in [-0.3, -0.25) is 4.40 Å². The lowest BCUT2D eigenvalue weighted by atomic mass is 10.2. The van der Waals surface area contributed by atoms with Crippen molar-refractivity contribution in [2.75, 3.05) is 0 Å². The first kappa shape index (κ1) is 17.3. The van der Waals surface area contributed by atoms with Crippen molar-refractivity contribution in [2.45, 2.75) is 9.92 Å². The molecule has 0 aliphatic heterocycles. The molecular weight excluding hydrogens is 436 g/mol. The van der Waals surface area contributed by atoms with Gasteiger partial charge in [0, 0.05) is 27.3 Å². The van der Waals surface area contributed by atoms with E-state index in [1.807, 2.05) is 30.3 Å². The standard InChI is InChI=1S/C19H12BrClN2O2S/c20-14-6-8-16(9-7-14)26(24,25)19-18(13-4-2-1-3-5-13)22-17-12-15(21)10-11-23(17)19/h1-12H. The van der Waals surface area contributed by atoms with Crippen molar-refractivity contribution in [2.24, 2.45) is 0 Å². The summed E-state index contributed by atoms with van der Waals surface area (Å²) in [4.78, 5) is 4.75. The first-order chi connectivity index (χ1) is 12.5. The molecule has 0 atom stereocenters. The number of halogens is 2. The average Bonchev–Trinajstić information content (AvgIpc) is 3.02. The number of nitrogens with zero attached hydrogens (tertiary/aromatic N) is 2. The highest BCUT2D eigenvalue weighted by molar-refractivity contribution is 9.10. The fourth-order valence-corrected chi connectivity index (χ4v) is 4.73. The molecule has 0 saturated heterocycles. The maximum atomic E-state index is 13.4. The second kappa shape index (κ2) is 6.54. The van der Waals surface area contributed by atoms with Gasteiger partial charge in [-0.2, -0.15) is 0 Å². The number of hydrogen-bond acceptors (Lipinski definition) is 3. The van der Waals surface area contributed by atoms with Crippen LogP contribution in [0.1, 0.15) is 0 Å². The van der Waals surface area contributed by atoms with Gasteiger partial charge in [-0.05, 0) is 30.3 Å². The second-order valence-electron chi connectivity index (χ2n) is 5.66. The summed E-state index contributed by atoms with van der Waals surface area (Å²) in [5, 5.41) is 0.618. The molecule has 0 N–H and O–H groups in total. The number of fused-ring (bicyclic) bond motifs is 1. The van der Waals surface area contributed by atoms with Crippen LogP contribution in [0.25, 0.3) is 16.9 Å². The van der Waals surface area contributed by atoms with Crippen LogP contribution in [0, 0.1) is 0 Å². The largest absolute Gasteiger partial charge is 0.290 e. The van der Waals surface area contributed by atoms with E-state index in [0.717, 1.165) is 10.0 Å². The Bertz CT molecular complexity index is 1200. The van der Waals surface area contributed by atoms with Gasteiger partial charge in [0.15, 0.2) is 5.03 Å². The Kier molecular flexibility index (Phi) is 4.34. The lowest BCUT2D eigenvalue weighted by Crippen LogP contribution is -2.07. The molecule has 0 amide bonds. The summed E-state index contributed by atoms with van der Waals surface area (Å²) in [5.74, 6) is 0. The summed E-state index contributed by atoms with van der Waals surface area (Å²) in [5.41, 5.74) is 1.60. The van der Waals surface area contributed by atoms with Gasteiger partial charge < -0.3 is 0 Å². The van der Waals surface area contributed by atoms with Crippen LogP contribution in [0.4, 0.5) is 0 Å². The molecule has 0 saturated carbocycles. The molecule has 0 aliphatic rings. The smallest absolute Gasteiger partial charge is 0.224 e. The predicted molar refractivity (Wildman–Crippen MR) is 105 cm³/mol. The summed E-state index contributed by atoms with van der Waals surface area (Å²) in [7, 11) is -3.79. The molecule has 4 rings (SSSR count). The Balaban J connectivity index is 2.06. The lowest BCUT2D eigenvalue weighted by Gasteiger charge is -2.08. The summed E-state index contributed by atoms with van der Waals surface area (Å²) >= 11 is 9.40. The van der Waals surface area contributed by atoms with Crippen molar-refractivity contribution in [1.29, 1.82) is 0 Å². The number of aromatic nitrogens is 2. The third kappa shape index (κ3) is 2.94. The SMILES string of the molecule is O=S(=O)(c1ccc(Br)cc1)c1c(-c2ccccc2)nc2cc(Cl)ccn12. The van der Waals surface area contributed by atoms with E-state index in [-0.39, 0.29) is 9.92 Å². The molecule has 0 fully saturated rings. The number of sulfone groups is 1. The summed E-state index contributed by atoms with van der Waals surface area (Å²) < 4.78 is 29.2. The van der Waals surface area contributed by atoms with Gasteiger partial charge in [0.2, 0.25) is 9.84 Å². The van der Waals surface area contributed by atoms with E-state index in [0.29, 0.717) is 16.4 Å². The number of benzene rings is 2. The second-order valence-corrected chi connectivity index (χ2v) is 8.88. The molecule has 4 aromatic rings. The van der Waals surface area contributed by atoms with Crippen LogP contribution in [-0.2, 0) is 9.84 Å². The van der Waals surface area contributed by atoms with Gasteiger partial charge in [0.25, 0.3) is 0 Å².